The molecule has 2 aromatic carbocycles. The van der Waals surface area contributed by atoms with Crippen LogP contribution in [0.25, 0.3) is 31.7 Å². The van der Waals surface area contributed by atoms with Crippen molar-refractivity contribution in [2.24, 2.45) is 0 Å². The van der Waals surface area contributed by atoms with Gasteiger partial charge in [-0.15, -0.1) is 11.3 Å². The molecule has 9 nitrogen and oxygen atoms in total. The number of ether oxygens (including phenoxy) is 3. The van der Waals surface area contributed by atoms with Gasteiger partial charge in [0.1, 0.15) is 22.7 Å². The molecule has 1 amide bonds. The third-order valence-electron chi connectivity index (χ3n) is 5.44. The van der Waals surface area contributed by atoms with Crippen molar-refractivity contribution in [3.63, 3.8) is 0 Å². The maximum Gasteiger partial charge on any atom is 0.211 e. The van der Waals surface area contributed by atoms with Crippen LogP contribution in [0.15, 0.2) is 48.9 Å². The van der Waals surface area contributed by atoms with Gasteiger partial charge in [-0.2, -0.15) is 0 Å². The molecule has 0 aliphatic carbocycles. The number of methoxy groups -OCH3 is 1. The number of thiazole rings is 1. The number of nitrogens with one attached hydrogen (secondary N) is 1. The lowest BCUT2D eigenvalue weighted by molar-refractivity contribution is -0.105. The highest BCUT2D eigenvalue weighted by Gasteiger charge is 2.16. The first kappa shape index (κ1) is 29.1. The first-order chi connectivity index (χ1) is 19.3. The van der Waals surface area contributed by atoms with E-state index in [0.717, 1.165) is 21.2 Å². The summed E-state index contributed by atoms with van der Waals surface area (Å²) >= 11 is 7.79. The van der Waals surface area contributed by atoms with E-state index in [2.05, 4.69) is 25.3 Å². The molecule has 40 heavy (non-hydrogen) atoms. The van der Waals surface area contributed by atoms with Crippen molar-refractivity contribution in [3.05, 3.63) is 65.6 Å². The summed E-state index contributed by atoms with van der Waals surface area (Å²) in [5.41, 5.74) is 2.71. The van der Waals surface area contributed by atoms with E-state index >= 15 is 0 Å². The zero-order valence-electron chi connectivity index (χ0n) is 22.3. The average Bonchev–Trinajstić information content (AvgIpc) is 3.33. The normalized spacial score (nSPS) is 11.6. The van der Waals surface area contributed by atoms with Gasteiger partial charge in [0, 0.05) is 35.2 Å². The number of benzene rings is 2. The van der Waals surface area contributed by atoms with Crippen LogP contribution in [-0.4, -0.2) is 52.8 Å². The van der Waals surface area contributed by atoms with E-state index in [1.165, 1.54) is 17.4 Å². The standard InChI is InChI=1S/C22H20ClFN2O3S.C6H7N3O/c1-4-28-15-6-13-5-14(23)7-16(21(13)25-10-15)22-26-18-8-17(24)19(9-20(18)30-22)29-12(2)11-27-3;1-5-7-2-6(3-8-5)9-4-10/h5-10,12H,4,11H2,1-3H3;2-4H,1H3,(H,9,10). The Labute approximate surface area is 239 Å². The van der Waals surface area contributed by atoms with E-state index in [4.69, 9.17) is 25.8 Å². The Morgan fingerprint density at radius 1 is 1.12 bits per heavy atom. The number of nitrogens with zero attached hydrogens (tertiary/aromatic N) is 4. The minimum atomic E-state index is -0.460. The number of anilines is 1. The van der Waals surface area contributed by atoms with Gasteiger partial charge in [-0.1, -0.05) is 11.6 Å². The van der Waals surface area contributed by atoms with Crippen molar-refractivity contribution in [2.45, 2.75) is 26.9 Å². The Morgan fingerprint density at radius 2 is 1.90 bits per heavy atom. The van der Waals surface area contributed by atoms with Gasteiger partial charge in [0.2, 0.25) is 6.41 Å². The van der Waals surface area contributed by atoms with Crippen LogP contribution >= 0.6 is 22.9 Å². The third kappa shape index (κ3) is 7.17. The Kier molecular flexibility index (Phi) is 9.75. The van der Waals surface area contributed by atoms with Gasteiger partial charge in [-0.25, -0.2) is 19.3 Å². The molecule has 0 spiro atoms. The second-order valence-electron chi connectivity index (χ2n) is 8.56. The molecule has 0 saturated heterocycles. The Balaban J connectivity index is 0.000000312. The number of aryl methyl sites for hydroxylation is 1. The number of pyridine rings is 1. The molecule has 0 saturated carbocycles. The summed E-state index contributed by atoms with van der Waals surface area (Å²) in [7, 11) is 1.58. The molecule has 1 atom stereocenters. The van der Waals surface area contributed by atoms with Crippen LogP contribution in [0.5, 0.6) is 11.5 Å². The summed E-state index contributed by atoms with van der Waals surface area (Å²) in [6.45, 7) is 6.45. The number of aromatic nitrogens is 4. The van der Waals surface area contributed by atoms with E-state index in [1.807, 2.05) is 32.0 Å². The molecule has 5 aromatic rings. The summed E-state index contributed by atoms with van der Waals surface area (Å²) in [6, 6.07) is 8.62. The molecule has 5 rings (SSSR count). The van der Waals surface area contributed by atoms with Crippen LogP contribution in [0.4, 0.5) is 10.1 Å². The fraction of sp³-hybridized carbons (Fsp3) is 0.250. The predicted octanol–water partition coefficient (Wildman–Crippen LogP) is 6.47. The SMILES string of the molecule is CCOc1cnc2c(-c3nc4cc(F)c(OC(C)COC)cc4s3)cc(Cl)cc2c1.Cc1ncc(NC=O)cn1. The van der Waals surface area contributed by atoms with Crippen molar-refractivity contribution in [1.82, 2.24) is 19.9 Å². The van der Waals surface area contributed by atoms with E-state index in [9.17, 15) is 9.18 Å². The number of amides is 1. The summed E-state index contributed by atoms with van der Waals surface area (Å²) in [4.78, 5) is 26.8. The van der Waals surface area contributed by atoms with Gasteiger partial charge in [0.15, 0.2) is 11.6 Å². The van der Waals surface area contributed by atoms with Gasteiger partial charge in [-0.05, 0) is 39.0 Å². The van der Waals surface area contributed by atoms with Crippen molar-refractivity contribution in [1.29, 1.82) is 0 Å². The molecule has 3 aromatic heterocycles. The quantitative estimate of drug-likeness (QED) is 0.197. The van der Waals surface area contributed by atoms with Crippen molar-refractivity contribution in [3.8, 4) is 22.1 Å². The van der Waals surface area contributed by atoms with Gasteiger partial charge in [0.05, 0.1) is 53.2 Å². The molecular weight excluding hydrogens is 557 g/mol. The summed E-state index contributed by atoms with van der Waals surface area (Å²) < 4.78 is 31.6. The second kappa shape index (κ2) is 13.4. The third-order valence-corrected chi connectivity index (χ3v) is 6.71. The number of hydrogen-bond acceptors (Lipinski definition) is 9. The van der Waals surface area contributed by atoms with Crippen LogP contribution < -0.4 is 14.8 Å². The number of halogens is 2. The van der Waals surface area contributed by atoms with E-state index in [-0.39, 0.29) is 11.9 Å². The van der Waals surface area contributed by atoms with Crippen LogP contribution in [0.3, 0.4) is 0 Å². The number of hydrogen-bond donors (Lipinski definition) is 1. The minimum absolute atomic E-state index is 0.178. The largest absolute Gasteiger partial charge is 0.492 e. The summed E-state index contributed by atoms with van der Waals surface area (Å²) in [5, 5.41) is 4.55. The molecule has 0 radical (unpaired) electrons. The molecule has 208 valence electrons. The number of carbonyl (C=O) groups excluding carboxylic acids is 1. The smallest absolute Gasteiger partial charge is 0.211 e. The predicted molar refractivity (Wildman–Crippen MR) is 155 cm³/mol. The molecule has 0 aliphatic rings. The Bertz CT molecular complexity index is 1620. The van der Waals surface area contributed by atoms with Gasteiger partial charge in [0.25, 0.3) is 0 Å². The molecule has 1 unspecified atom stereocenters. The van der Waals surface area contributed by atoms with Crippen LogP contribution in [0.1, 0.15) is 19.7 Å². The van der Waals surface area contributed by atoms with Gasteiger partial charge in [-0.3, -0.25) is 9.78 Å². The number of rotatable bonds is 9. The topological polar surface area (TPSA) is 108 Å². The number of carbonyl (C=O) groups is 1. The molecule has 12 heteroatoms. The highest BCUT2D eigenvalue weighted by Crippen LogP contribution is 2.38. The van der Waals surface area contributed by atoms with E-state index < -0.39 is 5.82 Å². The molecule has 0 fully saturated rings. The lowest BCUT2D eigenvalue weighted by Crippen LogP contribution is -2.18. The van der Waals surface area contributed by atoms with E-state index in [1.54, 1.807) is 38.7 Å². The van der Waals surface area contributed by atoms with Gasteiger partial charge < -0.3 is 19.5 Å². The zero-order valence-corrected chi connectivity index (χ0v) is 23.8. The lowest BCUT2D eigenvalue weighted by atomic mass is 10.1. The van der Waals surface area contributed by atoms with Crippen molar-refractivity contribution < 1.29 is 23.4 Å². The van der Waals surface area contributed by atoms with Crippen molar-refractivity contribution >= 4 is 56.2 Å². The molecule has 3 heterocycles. The molecule has 1 N–H and O–H groups in total. The molecular formula is C28H27ClFN5O4S. The fourth-order valence-corrected chi connectivity index (χ4v) is 4.98. The lowest BCUT2D eigenvalue weighted by Gasteiger charge is -2.14. The first-order valence-electron chi connectivity index (χ1n) is 12.3. The zero-order chi connectivity index (χ0) is 28.6. The minimum Gasteiger partial charge on any atom is -0.492 e. The highest BCUT2D eigenvalue weighted by atomic mass is 35.5. The Morgan fingerprint density at radius 3 is 2.60 bits per heavy atom. The highest BCUT2D eigenvalue weighted by molar-refractivity contribution is 7.21. The molecule has 0 aliphatic heterocycles. The summed E-state index contributed by atoms with van der Waals surface area (Å²) in [5.74, 6) is 1.09. The van der Waals surface area contributed by atoms with E-state index in [0.29, 0.717) is 52.4 Å². The monoisotopic (exact) mass is 583 g/mol. The summed E-state index contributed by atoms with van der Waals surface area (Å²) in [6.07, 6.45) is 5.11. The maximum atomic E-state index is 14.5. The Hall–Kier alpha value is -3.93. The maximum absolute atomic E-state index is 14.5. The van der Waals surface area contributed by atoms with Crippen molar-refractivity contribution in [2.75, 3.05) is 25.6 Å². The van der Waals surface area contributed by atoms with Crippen LogP contribution in [-0.2, 0) is 9.53 Å². The fourth-order valence-electron chi connectivity index (χ4n) is 3.76. The van der Waals surface area contributed by atoms with Crippen LogP contribution in [0, 0.1) is 12.7 Å². The van der Waals surface area contributed by atoms with Gasteiger partial charge >= 0.3 is 0 Å². The average molecular weight is 584 g/mol. The second-order valence-corrected chi connectivity index (χ2v) is 10.0. The van der Waals surface area contributed by atoms with Crippen LogP contribution in [0.2, 0.25) is 5.02 Å². The number of fused-ring (bicyclic) bond motifs is 2. The first-order valence-corrected chi connectivity index (χ1v) is 13.5. The molecule has 0 bridgehead atoms.